The molecule has 0 amide bonds. The van der Waals surface area contributed by atoms with Crippen LogP contribution in [0.3, 0.4) is 0 Å². The van der Waals surface area contributed by atoms with Gasteiger partial charge in [-0.3, -0.25) is 9.79 Å². The highest BCUT2D eigenvalue weighted by Gasteiger charge is 2.15. The van der Waals surface area contributed by atoms with Gasteiger partial charge in [0.2, 0.25) is 0 Å². The fraction of sp³-hybridized carbons (Fsp3) is 0.250. The number of aliphatic hydroxyl groups excluding tert-OH is 1. The van der Waals surface area contributed by atoms with Gasteiger partial charge in [-0.2, -0.15) is 0 Å². The molecular weight excluding hydrogens is 360 g/mol. The van der Waals surface area contributed by atoms with E-state index in [4.69, 9.17) is 0 Å². The van der Waals surface area contributed by atoms with E-state index in [-0.39, 0.29) is 12.6 Å². The number of aliphatic imine (C=N–C) groups is 1. The van der Waals surface area contributed by atoms with Gasteiger partial charge in [0.1, 0.15) is 0 Å². The van der Waals surface area contributed by atoms with Crippen LogP contribution in [-0.4, -0.2) is 42.0 Å². The topological polar surface area (TPSA) is 86.6 Å². The van der Waals surface area contributed by atoms with Crippen LogP contribution < -0.4 is 10.6 Å². The molecule has 140 valence electrons. The van der Waals surface area contributed by atoms with Crippen LogP contribution in [0.4, 0.5) is 0 Å². The average molecular weight is 382 g/mol. The van der Waals surface area contributed by atoms with Crippen LogP contribution in [0.5, 0.6) is 0 Å². The summed E-state index contributed by atoms with van der Waals surface area (Å²) in [4.78, 5) is 20.0. The molecule has 1 unspecified atom stereocenters. The highest BCUT2D eigenvalue weighted by molar-refractivity contribution is 7.16. The number of aliphatic hydroxyl groups is 1. The van der Waals surface area contributed by atoms with Crippen molar-refractivity contribution in [1.29, 1.82) is 0 Å². The predicted octanol–water partition coefficient (Wildman–Crippen LogP) is 2.64. The summed E-state index contributed by atoms with van der Waals surface area (Å²) < 4.78 is 1.06. The zero-order chi connectivity index (χ0) is 19.1. The maximum absolute atomic E-state index is 11.5. The summed E-state index contributed by atoms with van der Waals surface area (Å²) in [6.45, 7) is -0.0704. The van der Waals surface area contributed by atoms with Crippen molar-refractivity contribution < 1.29 is 9.90 Å². The van der Waals surface area contributed by atoms with Crippen LogP contribution in [0, 0.1) is 0 Å². The van der Waals surface area contributed by atoms with E-state index in [0.29, 0.717) is 11.7 Å². The number of carbonyl (C=O) groups is 1. The van der Waals surface area contributed by atoms with Crippen molar-refractivity contribution in [2.75, 3.05) is 13.7 Å². The molecule has 7 heteroatoms. The lowest BCUT2D eigenvalue weighted by molar-refractivity contribution is -0.105. The first-order valence-corrected chi connectivity index (χ1v) is 9.59. The van der Waals surface area contributed by atoms with Crippen molar-refractivity contribution in [3.63, 3.8) is 0 Å². The van der Waals surface area contributed by atoms with Gasteiger partial charge < -0.3 is 15.7 Å². The summed E-state index contributed by atoms with van der Waals surface area (Å²) in [7, 11) is 1.63. The maximum atomic E-state index is 11.5. The Morgan fingerprint density at radius 1 is 1.44 bits per heavy atom. The Hall–Kier alpha value is -2.77. The van der Waals surface area contributed by atoms with Crippen molar-refractivity contribution in [2.45, 2.75) is 18.9 Å². The van der Waals surface area contributed by atoms with E-state index in [0.717, 1.165) is 40.5 Å². The molecule has 1 aromatic carbocycles. The third kappa shape index (κ3) is 4.90. The molecule has 1 aliphatic carbocycles. The van der Waals surface area contributed by atoms with Gasteiger partial charge >= 0.3 is 0 Å². The third-order valence-corrected chi connectivity index (χ3v) is 5.00. The van der Waals surface area contributed by atoms with Crippen molar-refractivity contribution >= 4 is 39.9 Å². The van der Waals surface area contributed by atoms with Gasteiger partial charge in [0, 0.05) is 7.05 Å². The molecule has 0 saturated carbocycles. The van der Waals surface area contributed by atoms with Crippen LogP contribution in [0.1, 0.15) is 18.4 Å². The zero-order valence-electron chi connectivity index (χ0n) is 15.1. The normalized spacial score (nSPS) is 16.1. The van der Waals surface area contributed by atoms with Gasteiger partial charge in [-0.25, -0.2) is 4.98 Å². The second-order valence-corrected chi connectivity index (χ2v) is 6.94. The largest absolute Gasteiger partial charge is 0.394 e. The molecule has 6 nitrogen and oxygen atoms in total. The van der Waals surface area contributed by atoms with E-state index >= 15 is 0 Å². The number of guanidine groups is 1. The second kappa shape index (κ2) is 9.25. The number of rotatable bonds is 6. The van der Waals surface area contributed by atoms with Gasteiger partial charge in [-0.15, -0.1) is 11.3 Å². The van der Waals surface area contributed by atoms with Crippen LogP contribution >= 0.6 is 11.3 Å². The Labute approximate surface area is 162 Å². The van der Waals surface area contributed by atoms with Gasteiger partial charge in [0.15, 0.2) is 12.2 Å². The van der Waals surface area contributed by atoms with E-state index in [1.807, 2.05) is 24.3 Å². The molecule has 1 aliphatic rings. The molecule has 1 heterocycles. The van der Waals surface area contributed by atoms with Crippen molar-refractivity contribution in [3.8, 4) is 0 Å². The smallest absolute Gasteiger partial charge is 0.196 e. The summed E-state index contributed by atoms with van der Waals surface area (Å²) in [5.41, 5.74) is 5.02. The summed E-state index contributed by atoms with van der Waals surface area (Å²) in [5, 5.41) is 15.9. The molecule has 0 spiro atoms. The number of hydrogen-bond donors (Lipinski definition) is 3. The first-order chi connectivity index (χ1) is 13.2. The van der Waals surface area contributed by atoms with Crippen molar-refractivity contribution in [1.82, 2.24) is 15.6 Å². The van der Waals surface area contributed by atoms with E-state index in [2.05, 4.69) is 32.8 Å². The molecule has 1 aromatic heterocycles. The minimum Gasteiger partial charge on any atom is -0.394 e. The lowest BCUT2D eigenvalue weighted by Gasteiger charge is -2.22. The Bertz CT molecular complexity index is 927. The summed E-state index contributed by atoms with van der Waals surface area (Å²) in [6, 6.07) is 5.55. The predicted molar refractivity (Wildman–Crippen MR) is 111 cm³/mol. The minimum atomic E-state index is -0.283. The van der Waals surface area contributed by atoms with Gasteiger partial charge in [0.05, 0.1) is 34.1 Å². The number of benzene rings is 1. The zero-order valence-corrected chi connectivity index (χ0v) is 15.9. The molecule has 1 atom stereocenters. The number of carbonyl (C=O) groups excluding carboxylic acids is 1. The van der Waals surface area contributed by atoms with Crippen molar-refractivity contribution in [2.24, 2.45) is 4.99 Å². The minimum absolute atomic E-state index is 0.0704. The SMILES string of the molecule is CN=C(N/C(C=O)=C\c1ccc2ncsc2c1)NC(CO)C1=CCCC=C1. The molecule has 0 fully saturated rings. The number of aromatic nitrogens is 1. The molecule has 3 N–H and O–H groups in total. The molecule has 0 radical (unpaired) electrons. The number of aldehydes is 1. The second-order valence-electron chi connectivity index (χ2n) is 6.06. The summed E-state index contributed by atoms with van der Waals surface area (Å²) in [6.07, 6.45) is 10.7. The van der Waals surface area contributed by atoms with Crippen molar-refractivity contribution in [3.05, 3.63) is 58.8 Å². The third-order valence-electron chi connectivity index (χ3n) is 4.21. The molecule has 27 heavy (non-hydrogen) atoms. The number of nitrogens with one attached hydrogen (secondary N) is 2. The van der Waals surface area contributed by atoms with E-state index in [1.54, 1.807) is 30.0 Å². The highest BCUT2D eigenvalue weighted by Crippen LogP contribution is 2.20. The number of allylic oxidation sites excluding steroid dienone is 3. The molecular formula is C20H22N4O2S. The van der Waals surface area contributed by atoms with Gasteiger partial charge in [-0.05, 0) is 42.2 Å². The Morgan fingerprint density at radius 3 is 3.04 bits per heavy atom. The average Bonchev–Trinajstić information content (AvgIpc) is 3.18. The van der Waals surface area contributed by atoms with Crippen LogP contribution in [-0.2, 0) is 4.79 Å². The molecule has 0 aliphatic heterocycles. The number of nitrogens with zero attached hydrogens (tertiary/aromatic N) is 2. The first-order valence-electron chi connectivity index (χ1n) is 8.71. The molecule has 3 rings (SSSR count). The molecule has 2 aromatic rings. The van der Waals surface area contributed by atoms with Gasteiger partial charge in [-0.1, -0.05) is 24.3 Å². The first kappa shape index (κ1) is 19.0. The lowest BCUT2D eigenvalue weighted by atomic mass is 10.0. The monoisotopic (exact) mass is 382 g/mol. The summed E-state index contributed by atoms with van der Waals surface area (Å²) in [5.74, 6) is 0.422. The quantitative estimate of drug-likeness (QED) is 0.309. The maximum Gasteiger partial charge on any atom is 0.196 e. The van der Waals surface area contributed by atoms with Crippen LogP contribution in [0.15, 0.2) is 58.2 Å². The Kier molecular flexibility index (Phi) is 6.51. The standard InChI is InChI=1S/C20H22N4O2S/c1-21-20(24-18(12-26)15-5-3-2-4-6-15)23-16(11-25)9-14-7-8-17-19(10-14)27-13-22-17/h3,5-11,13,18,26H,2,4,12H2,1H3,(H2,21,23,24)/b16-9-. The van der Waals surface area contributed by atoms with Gasteiger partial charge in [0.25, 0.3) is 0 Å². The molecule has 0 bridgehead atoms. The fourth-order valence-corrected chi connectivity index (χ4v) is 3.55. The molecule has 0 saturated heterocycles. The fourth-order valence-electron chi connectivity index (χ4n) is 2.83. The number of hydrogen-bond acceptors (Lipinski definition) is 5. The lowest BCUT2D eigenvalue weighted by Crippen LogP contribution is -2.45. The highest BCUT2D eigenvalue weighted by atomic mass is 32.1. The van der Waals surface area contributed by atoms with E-state index in [1.165, 1.54) is 0 Å². The number of thiazole rings is 1. The van der Waals surface area contributed by atoms with E-state index < -0.39 is 0 Å². The van der Waals surface area contributed by atoms with Crippen LogP contribution in [0.2, 0.25) is 0 Å². The van der Waals surface area contributed by atoms with Crippen LogP contribution in [0.25, 0.3) is 16.3 Å². The number of fused-ring (bicyclic) bond motifs is 1. The van der Waals surface area contributed by atoms with E-state index in [9.17, 15) is 9.90 Å². The summed E-state index contributed by atoms with van der Waals surface area (Å²) >= 11 is 1.56. The Morgan fingerprint density at radius 2 is 2.33 bits per heavy atom. The Balaban J connectivity index is 1.73.